The van der Waals surface area contributed by atoms with Crippen LogP contribution in [-0.2, 0) is 9.22 Å². The van der Waals surface area contributed by atoms with E-state index in [0.717, 1.165) is 35.9 Å². The van der Waals surface area contributed by atoms with Crippen molar-refractivity contribution in [3.8, 4) is 0 Å². The minimum atomic E-state index is -1.86. The number of carbonyl (C=O) groups excluding carboxylic acids is 1. The summed E-state index contributed by atoms with van der Waals surface area (Å²) in [4.78, 5) is 14.9. The second kappa shape index (κ2) is 7.49. The van der Waals surface area contributed by atoms with E-state index in [1.165, 1.54) is 11.2 Å². The van der Waals surface area contributed by atoms with Crippen LogP contribution in [0.1, 0.15) is 33.6 Å². The summed E-state index contributed by atoms with van der Waals surface area (Å²) in [6.45, 7) is 10.9. The summed E-state index contributed by atoms with van der Waals surface area (Å²) in [6, 6.07) is 13.6. The molecule has 0 bridgehead atoms. The summed E-state index contributed by atoms with van der Waals surface area (Å²) in [6.07, 6.45) is 7.32. The lowest BCUT2D eigenvalue weighted by Crippen LogP contribution is -2.58. The van der Waals surface area contributed by atoms with Crippen LogP contribution in [0.15, 0.2) is 58.9 Å². The summed E-state index contributed by atoms with van der Waals surface area (Å²) in [5.41, 5.74) is -1.09. The number of benzene rings is 1. The van der Waals surface area contributed by atoms with Crippen LogP contribution >= 0.6 is 11.8 Å². The molecule has 0 aliphatic heterocycles. The Morgan fingerprint density at radius 1 is 1.23 bits per heavy atom. The molecule has 0 heterocycles. The third-order valence-corrected chi connectivity index (χ3v) is 12.6. The van der Waals surface area contributed by atoms with Gasteiger partial charge in [0.25, 0.3) is 0 Å². The highest BCUT2D eigenvalue weighted by molar-refractivity contribution is 8.03. The first kappa shape index (κ1) is 19.7. The molecule has 2 aliphatic rings. The van der Waals surface area contributed by atoms with Crippen molar-refractivity contribution in [1.82, 2.24) is 0 Å². The van der Waals surface area contributed by atoms with Crippen molar-refractivity contribution in [1.29, 1.82) is 0 Å². The maximum absolute atomic E-state index is 12.6. The van der Waals surface area contributed by atoms with Gasteiger partial charge in [-0.15, -0.1) is 6.58 Å². The molecule has 4 heteroatoms. The molecule has 2 aliphatic carbocycles. The Morgan fingerprint density at radius 2 is 1.88 bits per heavy atom. The van der Waals surface area contributed by atoms with E-state index in [-0.39, 0.29) is 5.92 Å². The van der Waals surface area contributed by atoms with E-state index in [1.54, 1.807) is 11.8 Å². The molecule has 1 fully saturated rings. The molecule has 140 valence electrons. The van der Waals surface area contributed by atoms with Gasteiger partial charge in [-0.2, -0.15) is 0 Å². The van der Waals surface area contributed by atoms with Crippen LogP contribution in [0.5, 0.6) is 0 Å². The highest BCUT2D eigenvalue weighted by Gasteiger charge is 2.67. The van der Waals surface area contributed by atoms with Gasteiger partial charge in [-0.3, -0.25) is 0 Å². The maximum Gasteiger partial charge on any atom is 0.193 e. The quantitative estimate of drug-likeness (QED) is 0.286. The minimum Gasteiger partial charge on any atom is -0.407 e. The van der Waals surface area contributed by atoms with Crippen molar-refractivity contribution in [3.05, 3.63) is 54.0 Å². The van der Waals surface area contributed by atoms with Crippen molar-refractivity contribution in [3.63, 3.8) is 0 Å². The zero-order valence-corrected chi connectivity index (χ0v) is 18.0. The Morgan fingerprint density at radius 3 is 2.42 bits per heavy atom. The fourth-order valence-electron chi connectivity index (χ4n) is 4.73. The van der Waals surface area contributed by atoms with Gasteiger partial charge in [0.15, 0.2) is 8.32 Å². The molecule has 1 aromatic carbocycles. The van der Waals surface area contributed by atoms with Gasteiger partial charge in [-0.05, 0) is 49.0 Å². The van der Waals surface area contributed by atoms with Gasteiger partial charge in [0.2, 0.25) is 0 Å². The molecule has 1 saturated carbocycles. The number of rotatable bonds is 9. The number of hydrogen-bond acceptors (Lipinski definition) is 3. The summed E-state index contributed by atoms with van der Waals surface area (Å²) in [5, 5.41) is 0. The normalized spacial score (nSPS) is 30.3. The van der Waals surface area contributed by atoms with Crippen LogP contribution in [0.2, 0.25) is 18.1 Å². The van der Waals surface area contributed by atoms with Crippen LogP contribution in [0.25, 0.3) is 0 Å². The highest BCUT2D eigenvalue weighted by Crippen LogP contribution is 2.67. The summed E-state index contributed by atoms with van der Waals surface area (Å²) in [7, 11) is -1.86. The average Bonchev–Trinajstić information content (AvgIpc) is 2.93. The molecule has 0 aromatic heterocycles. The predicted octanol–water partition coefficient (Wildman–Crippen LogP) is 6.22. The summed E-state index contributed by atoms with van der Waals surface area (Å²) in [5.74, 6) is 0.279. The first-order valence-electron chi connectivity index (χ1n) is 9.80. The van der Waals surface area contributed by atoms with E-state index < -0.39 is 19.3 Å². The topological polar surface area (TPSA) is 26.3 Å². The van der Waals surface area contributed by atoms with Crippen molar-refractivity contribution < 1.29 is 9.22 Å². The standard InChI is InChI=1S/C22H30O2SSi/c1-5-21(24-26(6-2,7-3)8-4)15-14-18-16-20(22(18,21)17-23)25-19-12-10-9-11-13-19/h5,9-13,16-18H,1,6-8,14-15H2,2-4H3/t18-,21-,22-/m1/s1. The van der Waals surface area contributed by atoms with E-state index in [9.17, 15) is 4.79 Å². The van der Waals surface area contributed by atoms with Crippen LogP contribution < -0.4 is 0 Å². The van der Waals surface area contributed by atoms with Gasteiger partial charge in [0.05, 0.1) is 11.0 Å². The molecule has 26 heavy (non-hydrogen) atoms. The molecule has 0 unspecified atom stereocenters. The molecular weight excluding hydrogens is 356 g/mol. The van der Waals surface area contributed by atoms with Crippen molar-refractivity contribution >= 4 is 26.4 Å². The van der Waals surface area contributed by atoms with Crippen LogP contribution in [-0.4, -0.2) is 20.2 Å². The predicted molar refractivity (Wildman–Crippen MR) is 113 cm³/mol. The highest BCUT2D eigenvalue weighted by atomic mass is 32.2. The SMILES string of the molecule is C=C[C@@]1(O[Si](CC)(CC)CC)CC[C@@H]2C=C(Sc3ccccc3)[C@@]21C=O. The van der Waals surface area contributed by atoms with Crippen molar-refractivity contribution in [2.45, 2.75) is 62.2 Å². The number of fused-ring (bicyclic) bond motifs is 1. The van der Waals surface area contributed by atoms with E-state index in [1.807, 2.05) is 24.3 Å². The molecule has 3 rings (SSSR count). The summed E-state index contributed by atoms with van der Waals surface area (Å²) < 4.78 is 7.01. The number of aldehydes is 1. The molecule has 1 aromatic rings. The Kier molecular flexibility index (Phi) is 5.66. The molecule has 3 atom stereocenters. The van der Waals surface area contributed by atoms with Crippen LogP contribution in [0.4, 0.5) is 0 Å². The minimum absolute atomic E-state index is 0.279. The zero-order chi connectivity index (χ0) is 18.8. The van der Waals surface area contributed by atoms with E-state index in [4.69, 9.17) is 4.43 Å². The first-order valence-corrected chi connectivity index (χ1v) is 13.1. The fourth-order valence-corrected chi connectivity index (χ4v) is 9.11. The fraction of sp³-hybridized carbons (Fsp3) is 0.500. The Hall–Kier alpha value is -1.10. The van der Waals surface area contributed by atoms with Crippen molar-refractivity contribution in [2.75, 3.05) is 0 Å². The van der Waals surface area contributed by atoms with Gasteiger partial charge in [-0.25, -0.2) is 0 Å². The third kappa shape index (κ3) is 2.78. The first-order chi connectivity index (χ1) is 12.5. The maximum atomic E-state index is 12.6. The molecule has 2 nitrogen and oxygen atoms in total. The van der Waals surface area contributed by atoms with Crippen LogP contribution in [0, 0.1) is 11.3 Å². The van der Waals surface area contributed by atoms with Gasteiger partial charge < -0.3 is 9.22 Å². The smallest absolute Gasteiger partial charge is 0.193 e. The van der Waals surface area contributed by atoms with E-state index in [2.05, 4.69) is 45.6 Å². The monoisotopic (exact) mass is 386 g/mol. The van der Waals surface area contributed by atoms with Gasteiger partial charge in [0, 0.05) is 9.80 Å². The molecule has 0 radical (unpaired) electrons. The zero-order valence-electron chi connectivity index (χ0n) is 16.2. The second-order valence-electron chi connectivity index (χ2n) is 7.52. The lowest BCUT2D eigenvalue weighted by atomic mass is 9.63. The van der Waals surface area contributed by atoms with E-state index >= 15 is 0 Å². The molecule has 0 N–H and O–H groups in total. The largest absolute Gasteiger partial charge is 0.407 e. The van der Waals surface area contributed by atoms with Gasteiger partial charge in [0.1, 0.15) is 6.29 Å². The van der Waals surface area contributed by atoms with Crippen LogP contribution in [0.3, 0.4) is 0 Å². The molecule has 0 amide bonds. The lowest BCUT2D eigenvalue weighted by molar-refractivity contribution is -0.124. The average molecular weight is 387 g/mol. The lowest BCUT2D eigenvalue weighted by Gasteiger charge is -2.52. The van der Waals surface area contributed by atoms with Gasteiger partial charge >= 0.3 is 0 Å². The Balaban J connectivity index is 1.98. The van der Waals surface area contributed by atoms with Crippen molar-refractivity contribution in [2.24, 2.45) is 11.3 Å². The number of allylic oxidation sites excluding steroid dienone is 1. The number of thioether (sulfide) groups is 1. The summed E-state index contributed by atoms with van der Waals surface area (Å²) >= 11 is 1.71. The number of hydrogen-bond donors (Lipinski definition) is 0. The van der Waals surface area contributed by atoms with Gasteiger partial charge in [-0.1, -0.05) is 62.9 Å². The molecular formula is C22H30O2SSi. The molecule has 0 saturated heterocycles. The third-order valence-electron chi connectivity index (χ3n) is 6.69. The second-order valence-corrected chi connectivity index (χ2v) is 13.3. The Labute approximate surface area is 163 Å². The number of carbonyl (C=O) groups is 1. The van der Waals surface area contributed by atoms with E-state index in [0.29, 0.717) is 0 Å². The molecule has 0 spiro atoms. The Bertz CT molecular complexity index is 689.